The van der Waals surface area contributed by atoms with Gasteiger partial charge in [0.1, 0.15) is 5.75 Å². The van der Waals surface area contributed by atoms with Crippen molar-refractivity contribution >= 4 is 15.7 Å². The number of anilines is 1. The molecule has 1 aromatic carbocycles. The van der Waals surface area contributed by atoms with E-state index >= 15 is 0 Å². The van der Waals surface area contributed by atoms with Gasteiger partial charge in [0.25, 0.3) is 0 Å². The van der Waals surface area contributed by atoms with Gasteiger partial charge in [-0.1, -0.05) is 0 Å². The van der Waals surface area contributed by atoms with E-state index < -0.39 is 10.0 Å². The third-order valence-corrected chi connectivity index (χ3v) is 4.01. The molecule has 8 heteroatoms. The molecular weight excluding hydrogens is 268 g/mol. The first-order valence-electron chi connectivity index (χ1n) is 5.54. The maximum Gasteiger partial charge on any atom is 0.240 e. The Hall–Kier alpha value is -2.06. The molecule has 0 spiro atoms. The van der Waals surface area contributed by atoms with Crippen LogP contribution in [-0.4, -0.2) is 30.0 Å². The van der Waals surface area contributed by atoms with Crippen LogP contribution < -0.4 is 10.5 Å². The molecule has 0 saturated heterocycles. The quantitative estimate of drug-likeness (QED) is 0.461. The van der Waals surface area contributed by atoms with E-state index in [1.54, 1.807) is 6.20 Å². The van der Waals surface area contributed by atoms with Gasteiger partial charge in [-0.2, -0.15) is 0 Å². The van der Waals surface area contributed by atoms with Gasteiger partial charge in [-0.05, 0) is 18.2 Å². The van der Waals surface area contributed by atoms with Crippen LogP contribution in [0.1, 0.15) is 5.69 Å². The molecule has 7 nitrogen and oxygen atoms in total. The molecule has 0 bridgehead atoms. The molecule has 19 heavy (non-hydrogen) atoms. The number of H-pyrrole nitrogens is 1. The molecule has 0 radical (unpaired) electrons. The van der Waals surface area contributed by atoms with Crippen molar-refractivity contribution in [2.24, 2.45) is 0 Å². The monoisotopic (exact) mass is 282 g/mol. The number of nitrogen functional groups attached to an aromatic ring is 1. The Morgan fingerprint density at radius 2 is 2.21 bits per heavy atom. The van der Waals surface area contributed by atoms with Gasteiger partial charge in [-0.25, -0.2) is 18.1 Å². The number of phenolic OH excluding ortho intramolecular Hbond substituents is 1. The highest BCUT2D eigenvalue weighted by atomic mass is 32.2. The van der Waals surface area contributed by atoms with E-state index in [1.807, 2.05) is 0 Å². The van der Waals surface area contributed by atoms with Crippen molar-refractivity contribution in [2.45, 2.75) is 11.3 Å². The van der Waals surface area contributed by atoms with E-state index in [0.29, 0.717) is 6.42 Å². The summed E-state index contributed by atoms with van der Waals surface area (Å²) in [6.07, 6.45) is 3.67. The number of hydrogen-bond donors (Lipinski definition) is 4. The molecule has 0 fully saturated rings. The summed E-state index contributed by atoms with van der Waals surface area (Å²) in [5.74, 6) is -0.142. The predicted octanol–water partition coefficient (Wildman–Crippen LogP) is 0.218. The molecule has 0 amide bonds. The van der Waals surface area contributed by atoms with Gasteiger partial charge in [-0.15, -0.1) is 0 Å². The summed E-state index contributed by atoms with van der Waals surface area (Å²) in [6, 6.07) is 3.76. The molecule has 0 aliphatic carbocycles. The summed E-state index contributed by atoms with van der Waals surface area (Å²) in [6.45, 7) is 0.241. The van der Waals surface area contributed by atoms with E-state index in [4.69, 9.17) is 5.73 Å². The molecule has 102 valence electrons. The van der Waals surface area contributed by atoms with Crippen LogP contribution >= 0.6 is 0 Å². The summed E-state index contributed by atoms with van der Waals surface area (Å²) >= 11 is 0. The van der Waals surface area contributed by atoms with Crippen molar-refractivity contribution in [1.29, 1.82) is 0 Å². The van der Waals surface area contributed by atoms with Crippen LogP contribution in [0, 0.1) is 0 Å². The Bertz CT molecular complexity index is 653. The van der Waals surface area contributed by atoms with Gasteiger partial charge in [0.15, 0.2) is 0 Å². The maximum atomic E-state index is 12.0. The summed E-state index contributed by atoms with van der Waals surface area (Å²) in [4.78, 5) is 6.74. The molecule has 0 saturated carbocycles. The van der Waals surface area contributed by atoms with Gasteiger partial charge in [-0.3, -0.25) is 0 Å². The number of aromatic amines is 1. The normalized spacial score (nSPS) is 11.6. The second-order valence-electron chi connectivity index (χ2n) is 3.95. The van der Waals surface area contributed by atoms with Gasteiger partial charge in [0, 0.05) is 24.9 Å². The molecule has 0 aliphatic rings. The van der Waals surface area contributed by atoms with Crippen LogP contribution in [0.5, 0.6) is 5.75 Å². The van der Waals surface area contributed by atoms with Crippen molar-refractivity contribution in [3.05, 3.63) is 36.4 Å². The Morgan fingerprint density at radius 3 is 2.84 bits per heavy atom. The van der Waals surface area contributed by atoms with Crippen molar-refractivity contribution in [1.82, 2.24) is 14.7 Å². The second-order valence-corrected chi connectivity index (χ2v) is 5.71. The zero-order valence-corrected chi connectivity index (χ0v) is 10.8. The maximum absolute atomic E-state index is 12.0. The summed E-state index contributed by atoms with van der Waals surface area (Å²) in [7, 11) is -3.63. The molecule has 1 heterocycles. The van der Waals surface area contributed by atoms with E-state index in [0.717, 1.165) is 5.69 Å². The van der Waals surface area contributed by atoms with Gasteiger partial charge in [0.2, 0.25) is 10.0 Å². The van der Waals surface area contributed by atoms with Crippen LogP contribution in [0.3, 0.4) is 0 Å². The number of hydrogen-bond acceptors (Lipinski definition) is 5. The Morgan fingerprint density at radius 1 is 1.42 bits per heavy atom. The zero-order valence-electron chi connectivity index (χ0n) is 10.00. The zero-order chi connectivity index (χ0) is 13.9. The van der Waals surface area contributed by atoms with Crippen LogP contribution in [0.2, 0.25) is 0 Å². The van der Waals surface area contributed by atoms with Crippen LogP contribution in [0.25, 0.3) is 0 Å². The predicted molar refractivity (Wildman–Crippen MR) is 70.0 cm³/mol. The van der Waals surface area contributed by atoms with Crippen LogP contribution in [0.4, 0.5) is 5.69 Å². The average Bonchev–Trinajstić information content (AvgIpc) is 2.85. The molecule has 5 N–H and O–H groups in total. The Kier molecular flexibility index (Phi) is 3.72. The minimum Gasteiger partial charge on any atom is -0.506 e. The molecule has 1 aromatic heterocycles. The minimum atomic E-state index is -3.63. The average molecular weight is 282 g/mol. The molecule has 0 aliphatic heterocycles. The minimum absolute atomic E-state index is 0.0208. The SMILES string of the molecule is Nc1cc(S(=O)(=O)NCCc2cnc[nH]2)ccc1O. The first kappa shape index (κ1) is 13.4. The summed E-state index contributed by atoms with van der Waals surface area (Å²) < 4.78 is 26.3. The molecular formula is C11H14N4O3S. The molecule has 2 rings (SSSR count). The van der Waals surface area contributed by atoms with Crippen LogP contribution in [0.15, 0.2) is 35.6 Å². The van der Waals surface area contributed by atoms with Gasteiger partial charge >= 0.3 is 0 Å². The Balaban J connectivity index is 2.03. The standard InChI is InChI=1S/C11H14N4O3S/c12-10-5-9(1-2-11(10)16)19(17,18)15-4-3-8-6-13-7-14-8/h1-2,5-7,15-16H,3-4,12H2,(H,13,14). The highest BCUT2D eigenvalue weighted by molar-refractivity contribution is 7.89. The van der Waals surface area contributed by atoms with Crippen LogP contribution in [-0.2, 0) is 16.4 Å². The molecule has 0 unspecified atom stereocenters. The Labute approximate surface area is 110 Å². The number of nitrogens with two attached hydrogens (primary N) is 1. The molecule has 0 atom stereocenters. The number of rotatable bonds is 5. The van der Waals surface area contributed by atoms with Crippen molar-refractivity contribution in [3.8, 4) is 5.75 Å². The smallest absolute Gasteiger partial charge is 0.240 e. The van der Waals surface area contributed by atoms with Gasteiger partial charge < -0.3 is 15.8 Å². The second kappa shape index (κ2) is 5.29. The fraction of sp³-hybridized carbons (Fsp3) is 0.182. The van der Waals surface area contributed by atoms with Crippen molar-refractivity contribution in [3.63, 3.8) is 0 Å². The third kappa shape index (κ3) is 3.24. The highest BCUT2D eigenvalue weighted by Gasteiger charge is 2.14. The number of imidazole rings is 1. The third-order valence-electron chi connectivity index (χ3n) is 2.55. The first-order valence-corrected chi connectivity index (χ1v) is 7.03. The van der Waals surface area contributed by atoms with E-state index in [1.165, 1.54) is 24.5 Å². The highest BCUT2D eigenvalue weighted by Crippen LogP contribution is 2.22. The largest absolute Gasteiger partial charge is 0.506 e. The summed E-state index contributed by atoms with van der Waals surface area (Å²) in [5, 5.41) is 9.26. The van der Waals surface area contributed by atoms with Crippen molar-refractivity contribution < 1.29 is 13.5 Å². The van der Waals surface area contributed by atoms with Crippen molar-refractivity contribution in [2.75, 3.05) is 12.3 Å². The van der Waals surface area contributed by atoms with E-state index in [9.17, 15) is 13.5 Å². The fourth-order valence-electron chi connectivity index (χ4n) is 1.52. The number of aromatic nitrogens is 2. The lowest BCUT2D eigenvalue weighted by Crippen LogP contribution is -2.26. The number of phenols is 1. The lowest BCUT2D eigenvalue weighted by Gasteiger charge is -2.07. The lowest BCUT2D eigenvalue weighted by atomic mass is 10.3. The number of benzene rings is 1. The topological polar surface area (TPSA) is 121 Å². The number of aromatic hydroxyl groups is 1. The molecule has 2 aromatic rings. The fourth-order valence-corrected chi connectivity index (χ4v) is 2.59. The van der Waals surface area contributed by atoms with E-state index in [2.05, 4.69) is 14.7 Å². The number of nitrogens with zero attached hydrogens (tertiary/aromatic N) is 1. The number of sulfonamides is 1. The lowest BCUT2D eigenvalue weighted by molar-refractivity contribution is 0.477. The number of nitrogens with one attached hydrogen (secondary N) is 2. The first-order chi connectivity index (χ1) is 8.99. The summed E-state index contributed by atoms with van der Waals surface area (Å²) in [5.41, 5.74) is 6.33. The van der Waals surface area contributed by atoms with E-state index in [-0.39, 0.29) is 22.9 Å². The van der Waals surface area contributed by atoms with Gasteiger partial charge in [0.05, 0.1) is 16.9 Å².